The van der Waals surface area contributed by atoms with Gasteiger partial charge in [-0.3, -0.25) is 9.35 Å². The molecule has 0 aliphatic rings. The van der Waals surface area contributed by atoms with Crippen molar-refractivity contribution < 1.29 is 27.7 Å². The molecule has 0 bridgehead atoms. The van der Waals surface area contributed by atoms with Crippen molar-refractivity contribution >= 4 is 22.0 Å². The van der Waals surface area contributed by atoms with Crippen molar-refractivity contribution in [1.82, 2.24) is 5.32 Å². The van der Waals surface area contributed by atoms with Gasteiger partial charge in [0.05, 0.1) is 5.75 Å². The predicted molar refractivity (Wildman–Crippen MR) is 64.7 cm³/mol. The highest BCUT2D eigenvalue weighted by atomic mass is 32.2. The zero-order valence-corrected chi connectivity index (χ0v) is 11.2. The molecule has 8 heteroatoms. The van der Waals surface area contributed by atoms with Gasteiger partial charge in [0.25, 0.3) is 10.1 Å². The number of carbonyl (C=O) groups excluding carboxylic acids is 1. The van der Waals surface area contributed by atoms with Gasteiger partial charge in [0.1, 0.15) is 6.04 Å². The third-order valence-electron chi connectivity index (χ3n) is 2.15. The number of rotatable bonds is 8. The first-order valence-electron chi connectivity index (χ1n) is 5.59. The molecule has 1 unspecified atom stereocenters. The Bertz CT molecular complexity index is 389. The van der Waals surface area contributed by atoms with Crippen molar-refractivity contribution in [1.29, 1.82) is 0 Å². The minimum atomic E-state index is -4.08. The monoisotopic (exact) mass is 281 g/mol. The normalized spacial score (nSPS) is 13.3. The van der Waals surface area contributed by atoms with Crippen LogP contribution in [0.15, 0.2) is 0 Å². The standard InChI is InChI=1S/C10H19NO6S/c1-7(2)6-8(10(13)14)11-9(12)4-3-5-18(15,16)17/h7-8H,3-6H2,1-2H3,(H,11,12)(H,13,14)(H,15,16,17). The van der Waals surface area contributed by atoms with Gasteiger partial charge in [0.2, 0.25) is 5.91 Å². The molecule has 0 aromatic rings. The quantitative estimate of drug-likeness (QED) is 0.549. The number of carbonyl (C=O) groups is 2. The van der Waals surface area contributed by atoms with Gasteiger partial charge >= 0.3 is 5.97 Å². The van der Waals surface area contributed by atoms with Gasteiger partial charge in [-0.1, -0.05) is 13.8 Å². The molecule has 7 nitrogen and oxygen atoms in total. The molecule has 106 valence electrons. The summed E-state index contributed by atoms with van der Waals surface area (Å²) in [4.78, 5) is 22.2. The first-order valence-corrected chi connectivity index (χ1v) is 7.20. The van der Waals surface area contributed by atoms with Crippen LogP contribution in [0.3, 0.4) is 0 Å². The Morgan fingerprint density at radius 2 is 1.83 bits per heavy atom. The van der Waals surface area contributed by atoms with E-state index in [1.54, 1.807) is 0 Å². The maximum absolute atomic E-state index is 11.4. The minimum Gasteiger partial charge on any atom is -0.480 e. The van der Waals surface area contributed by atoms with E-state index < -0.39 is 33.8 Å². The van der Waals surface area contributed by atoms with Crippen LogP contribution in [0.1, 0.15) is 33.1 Å². The Morgan fingerprint density at radius 3 is 2.22 bits per heavy atom. The largest absolute Gasteiger partial charge is 0.480 e. The molecule has 1 amide bonds. The minimum absolute atomic E-state index is 0.0430. The molecule has 0 aliphatic heterocycles. The fraction of sp³-hybridized carbons (Fsp3) is 0.800. The van der Waals surface area contributed by atoms with Crippen LogP contribution in [0, 0.1) is 5.92 Å². The summed E-state index contributed by atoms with van der Waals surface area (Å²) in [5.74, 6) is -2.05. The molecule has 0 fully saturated rings. The summed E-state index contributed by atoms with van der Waals surface area (Å²) < 4.78 is 29.3. The summed E-state index contributed by atoms with van der Waals surface area (Å²) in [6.45, 7) is 3.67. The second-order valence-electron chi connectivity index (χ2n) is 4.48. The second kappa shape index (κ2) is 7.32. The zero-order valence-electron chi connectivity index (χ0n) is 10.4. The lowest BCUT2D eigenvalue weighted by Crippen LogP contribution is -2.41. The summed E-state index contributed by atoms with van der Waals surface area (Å²) >= 11 is 0. The highest BCUT2D eigenvalue weighted by molar-refractivity contribution is 7.85. The fourth-order valence-corrected chi connectivity index (χ4v) is 1.88. The van der Waals surface area contributed by atoms with E-state index in [4.69, 9.17) is 9.66 Å². The van der Waals surface area contributed by atoms with E-state index >= 15 is 0 Å². The average molecular weight is 281 g/mol. The lowest BCUT2D eigenvalue weighted by molar-refractivity contribution is -0.142. The van der Waals surface area contributed by atoms with E-state index in [2.05, 4.69) is 5.32 Å². The van der Waals surface area contributed by atoms with Crippen molar-refractivity contribution in [2.45, 2.75) is 39.2 Å². The van der Waals surface area contributed by atoms with Gasteiger partial charge in [0.15, 0.2) is 0 Å². The molecule has 0 aliphatic carbocycles. The molecule has 3 N–H and O–H groups in total. The molecule has 1 atom stereocenters. The van der Waals surface area contributed by atoms with Crippen LogP contribution in [0.25, 0.3) is 0 Å². The topological polar surface area (TPSA) is 121 Å². The molecule has 0 aromatic heterocycles. The number of hydrogen-bond donors (Lipinski definition) is 3. The highest BCUT2D eigenvalue weighted by Crippen LogP contribution is 2.05. The molecular formula is C10H19NO6S. The van der Waals surface area contributed by atoms with Gasteiger partial charge in [0, 0.05) is 6.42 Å². The van der Waals surface area contributed by atoms with Crippen molar-refractivity contribution in [2.75, 3.05) is 5.75 Å². The van der Waals surface area contributed by atoms with E-state index in [0.717, 1.165) is 0 Å². The Hall–Kier alpha value is -1.15. The number of carboxylic acid groups (broad SMARTS) is 1. The maximum atomic E-state index is 11.4. The maximum Gasteiger partial charge on any atom is 0.326 e. The molecule has 18 heavy (non-hydrogen) atoms. The van der Waals surface area contributed by atoms with E-state index in [1.807, 2.05) is 13.8 Å². The third kappa shape index (κ3) is 8.94. The SMILES string of the molecule is CC(C)CC(NC(=O)CCCS(=O)(=O)O)C(=O)O. The summed E-state index contributed by atoms with van der Waals surface area (Å²) in [6.07, 6.45) is 0.125. The van der Waals surface area contributed by atoms with Gasteiger partial charge in [-0.15, -0.1) is 0 Å². The summed E-state index contributed by atoms with van der Waals surface area (Å²) in [6, 6.07) is -0.969. The number of aliphatic carboxylic acids is 1. The van der Waals surface area contributed by atoms with Crippen molar-refractivity contribution in [3.05, 3.63) is 0 Å². The smallest absolute Gasteiger partial charge is 0.326 e. The third-order valence-corrected chi connectivity index (χ3v) is 2.95. The second-order valence-corrected chi connectivity index (χ2v) is 6.05. The Balaban J connectivity index is 4.15. The first kappa shape index (κ1) is 16.9. The van der Waals surface area contributed by atoms with Crippen LogP contribution in [-0.4, -0.2) is 41.7 Å². The summed E-state index contributed by atoms with van der Waals surface area (Å²) in [7, 11) is -4.08. The van der Waals surface area contributed by atoms with Crippen molar-refractivity contribution in [3.8, 4) is 0 Å². The Morgan fingerprint density at radius 1 is 1.28 bits per heavy atom. The molecule has 0 rings (SSSR count). The van der Waals surface area contributed by atoms with Crippen molar-refractivity contribution in [2.24, 2.45) is 5.92 Å². The lowest BCUT2D eigenvalue weighted by Gasteiger charge is -2.16. The molecule has 0 heterocycles. The molecule has 0 radical (unpaired) electrons. The van der Waals surface area contributed by atoms with Crippen LogP contribution < -0.4 is 5.32 Å². The van der Waals surface area contributed by atoms with E-state index in [9.17, 15) is 18.0 Å². The molecular weight excluding hydrogens is 262 g/mol. The lowest BCUT2D eigenvalue weighted by atomic mass is 10.0. The molecule has 0 saturated carbocycles. The van der Waals surface area contributed by atoms with Gasteiger partial charge in [-0.25, -0.2) is 4.79 Å². The Labute approximate surface area is 106 Å². The van der Waals surface area contributed by atoms with Gasteiger partial charge < -0.3 is 10.4 Å². The summed E-state index contributed by atoms with van der Waals surface area (Å²) in [5, 5.41) is 11.2. The molecule has 0 saturated heterocycles. The van der Waals surface area contributed by atoms with Gasteiger partial charge in [-0.2, -0.15) is 8.42 Å². The Kier molecular flexibility index (Phi) is 6.85. The average Bonchev–Trinajstić information content (AvgIpc) is 2.13. The van der Waals surface area contributed by atoms with E-state index in [-0.39, 0.29) is 18.8 Å². The summed E-state index contributed by atoms with van der Waals surface area (Å²) in [5.41, 5.74) is 0. The molecule has 0 aromatic carbocycles. The zero-order chi connectivity index (χ0) is 14.3. The number of hydrogen-bond acceptors (Lipinski definition) is 4. The van der Waals surface area contributed by atoms with Crippen molar-refractivity contribution in [3.63, 3.8) is 0 Å². The van der Waals surface area contributed by atoms with Crippen LogP contribution in [0.4, 0.5) is 0 Å². The molecule has 0 spiro atoms. The number of amides is 1. The van der Waals surface area contributed by atoms with Crippen LogP contribution in [0.2, 0.25) is 0 Å². The number of nitrogens with one attached hydrogen (secondary N) is 1. The predicted octanol–water partition coefficient (Wildman–Crippen LogP) is 0.270. The highest BCUT2D eigenvalue weighted by Gasteiger charge is 2.20. The van der Waals surface area contributed by atoms with E-state index in [1.165, 1.54) is 0 Å². The van der Waals surface area contributed by atoms with E-state index in [0.29, 0.717) is 6.42 Å². The van der Waals surface area contributed by atoms with Crippen LogP contribution in [0.5, 0.6) is 0 Å². The number of carboxylic acids is 1. The van der Waals surface area contributed by atoms with Crippen LogP contribution in [-0.2, 0) is 19.7 Å². The fourth-order valence-electron chi connectivity index (χ4n) is 1.37. The first-order chi connectivity index (χ1) is 8.11. The van der Waals surface area contributed by atoms with Gasteiger partial charge in [-0.05, 0) is 18.8 Å². The van der Waals surface area contributed by atoms with Crippen LogP contribution >= 0.6 is 0 Å².